The van der Waals surface area contributed by atoms with Crippen LogP contribution in [0.25, 0.3) is 0 Å². The van der Waals surface area contributed by atoms with Crippen molar-refractivity contribution in [1.29, 1.82) is 0 Å². The van der Waals surface area contributed by atoms with Crippen LogP contribution in [0.15, 0.2) is 30.3 Å². The van der Waals surface area contributed by atoms with Crippen LogP contribution in [0.3, 0.4) is 0 Å². The van der Waals surface area contributed by atoms with Crippen LogP contribution in [0.4, 0.5) is 0 Å². The van der Waals surface area contributed by atoms with Crippen molar-refractivity contribution < 1.29 is 0 Å². The summed E-state index contributed by atoms with van der Waals surface area (Å²) in [4.78, 5) is 0. The van der Waals surface area contributed by atoms with Gasteiger partial charge < -0.3 is 5.32 Å². The van der Waals surface area contributed by atoms with Crippen molar-refractivity contribution in [2.24, 2.45) is 0 Å². The Morgan fingerprint density at radius 2 is 1.83 bits per heavy atom. The van der Waals surface area contributed by atoms with Crippen molar-refractivity contribution in [3.63, 3.8) is 0 Å². The second-order valence-corrected chi connectivity index (χ2v) is 7.89. The van der Waals surface area contributed by atoms with E-state index in [4.69, 9.17) is 5.10 Å². The lowest BCUT2D eigenvalue weighted by Crippen LogP contribution is -2.27. The average molecular weight is 321 g/mol. The molecule has 1 N–H and O–H groups in total. The Hall–Kier alpha value is -1.61. The number of hydrogen-bond donors (Lipinski definition) is 1. The molecule has 2 fully saturated rings. The third-order valence-corrected chi connectivity index (χ3v) is 6.41. The molecule has 126 valence electrons. The van der Waals surface area contributed by atoms with Crippen molar-refractivity contribution in [2.75, 3.05) is 6.54 Å². The summed E-state index contributed by atoms with van der Waals surface area (Å²) < 4.78 is 2.47. The van der Waals surface area contributed by atoms with Crippen molar-refractivity contribution in [3.8, 4) is 0 Å². The Balaban J connectivity index is 1.60. The van der Waals surface area contributed by atoms with Crippen molar-refractivity contribution >= 4 is 0 Å². The Bertz CT molecular complexity index is 721. The van der Waals surface area contributed by atoms with Gasteiger partial charge in [0.1, 0.15) is 0 Å². The molecule has 2 aliphatic carbocycles. The van der Waals surface area contributed by atoms with E-state index in [1.54, 1.807) is 0 Å². The van der Waals surface area contributed by atoms with Gasteiger partial charge in [-0.2, -0.15) is 5.10 Å². The van der Waals surface area contributed by atoms with E-state index < -0.39 is 0 Å². The summed E-state index contributed by atoms with van der Waals surface area (Å²) in [5.41, 5.74) is 6.11. The number of nitrogens with zero attached hydrogens (tertiary/aromatic N) is 2. The molecule has 0 spiro atoms. The van der Waals surface area contributed by atoms with Gasteiger partial charge in [0.05, 0.1) is 11.7 Å². The number of rotatable bonds is 3. The Kier molecular flexibility index (Phi) is 3.51. The highest BCUT2D eigenvalue weighted by Gasteiger charge is 2.50. The quantitative estimate of drug-likeness (QED) is 0.922. The first-order chi connectivity index (χ1) is 11.9. The van der Waals surface area contributed by atoms with Crippen LogP contribution >= 0.6 is 0 Å². The maximum atomic E-state index is 5.30. The van der Waals surface area contributed by atoms with E-state index in [-0.39, 0.29) is 5.41 Å². The lowest BCUT2D eigenvalue weighted by Gasteiger charge is -2.25. The van der Waals surface area contributed by atoms with Gasteiger partial charge in [0.25, 0.3) is 0 Å². The molecule has 2 aromatic rings. The van der Waals surface area contributed by atoms with Crippen molar-refractivity contribution in [2.45, 2.75) is 69.4 Å². The first-order valence-corrected chi connectivity index (χ1v) is 9.75. The van der Waals surface area contributed by atoms with Crippen LogP contribution in [0.1, 0.15) is 73.5 Å². The summed E-state index contributed by atoms with van der Waals surface area (Å²) in [6.07, 6.45) is 10.4. The maximum absolute atomic E-state index is 5.30. The fourth-order valence-electron chi connectivity index (χ4n) is 4.93. The molecule has 1 aliphatic heterocycles. The normalized spacial score (nSPS) is 23.0. The topological polar surface area (TPSA) is 29.9 Å². The summed E-state index contributed by atoms with van der Waals surface area (Å²) in [5, 5.41) is 8.90. The molecule has 24 heavy (non-hydrogen) atoms. The lowest BCUT2D eigenvalue weighted by molar-refractivity contribution is 0.318. The van der Waals surface area contributed by atoms with Crippen LogP contribution in [-0.4, -0.2) is 16.3 Å². The van der Waals surface area contributed by atoms with Crippen LogP contribution < -0.4 is 5.32 Å². The first kappa shape index (κ1) is 14.7. The molecule has 0 unspecified atom stereocenters. The van der Waals surface area contributed by atoms with E-state index in [2.05, 4.69) is 40.3 Å². The van der Waals surface area contributed by atoms with Gasteiger partial charge in [-0.3, -0.25) is 4.68 Å². The van der Waals surface area contributed by atoms with Gasteiger partial charge in [-0.15, -0.1) is 0 Å². The van der Waals surface area contributed by atoms with Crippen LogP contribution in [0.5, 0.6) is 0 Å². The molecular weight excluding hydrogens is 294 g/mol. The first-order valence-electron chi connectivity index (χ1n) is 9.75. The van der Waals surface area contributed by atoms with Gasteiger partial charge >= 0.3 is 0 Å². The van der Waals surface area contributed by atoms with Gasteiger partial charge in [0.15, 0.2) is 0 Å². The summed E-state index contributed by atoms with van der Waals surface area (Å²) >= 11 is 0. The summed E-state index contributed by atoms with van der Waals surface area (Å²) in [6, 6.07) is 11.7. The molecule has 5 rings (SSSR count). The minimum absolute atomic E-state index is 0.199. The van der Waals surface area contributed by atoms with Gasteiger partial charge in [0, 0.05) is 36.2 Å². The zero-order chi connectivity index (χ0) is 16.0. The second-order valence-electron chi connectivity index (χ2n) is 7.89. The number of fused-ring (bicyclic) bond motifs is 1. The molecule has 0 saturated heterocycles. The molecule has 0 bridgehead atoms. The SMILES string of the molecule is c1ccc(C2(c3nn(C4CCCCC4)c4c3CNCC4)CC2)cc1. The fourth-order valence-corrected chi connectivity index (χ4v) is 4.93. The van der Waals surface area contributed by atoms with E-state index in [1.165, 1.54) is 67.5 Å². The third-order valence-electron chi connectivity index (χ3n) is 6.41. The number of benzene rings is 1. The standard InChI is InChI=1S/C21H27N3/c1-3-7-16(8-4-1)21(12-13-21)20-18-15-22-14-11-19(18)24(23-20)17-9-5-2-6-10-17/h1,3-4,7-8,17,22H,2,5-6,9-15H2. The molecule has 0 atom stereocenters. The zero-order valence-electron chi connectivity index (χ0n) is 14.4. The molecule has 3 nitrogen and oxygen atoms in total. The van der Waals surface area contributed by atoms with Gasteiger partial charge in [-0.25, -0.2) is 0 Å². The highest BCUT2D eigenvalue weighted by atomic mass is 15.3. The third kappa shape index (κ3) is 2.25. The second kappa shape index (κ2) is 5.73. The maximum Gasteiger partial charge on any atom is 0.0778 e. The highest BCUT2D eigenvalue weighted by Crippen LogP contribution is 2.54. The summed E-state index contributed by atoms with van der Waals surface area (Å²) in [5.74, 6) is 0. The molecule has 0 amide bonds. The van der Waals surface area contributed by atoms with Crippen LogP contribution in [0.2, 0.25) is 0 Å². The van der Waals surface area contributed by atoms with Gasteiger partial charge in [-0.1, -0.05) is 49.6 Å². The lowest BCUT2D eigenvalue weighted by atomic mass is 9.88. The fraction of sp³-hybridized carbons (Fsp3) is 0.571. The Morgan fingerprint density at radius 1 is 1.04 bits per heavy atom. The number of hydrogen-bond acceptors (Lipinski definition) is 2. The molecule has 2 heterocycles. The highest BCUT2D eigenvalue weighted by molar-refractivity contribution is 5.47. The van der Waals surface area contributed by atoms with Crippen molar-refractivity contribution in [3.05, 3.63) is 52.8 Å². The molecular formula is C21H27N3. The molecule has 1 aromatic heterocycles. The van der Waals surface area contributed by atoms with Crippen molar-refractivity contribution in [1.82, 2.24) is 15.1 Å². The zero-order valence-corrected chi connectivity index (χ0v) is 14.4. The van der Waals surface area contributed by atoms with Crippen LogP contribution in [-0.2, 0) is 18.4 Å². The van der Waals surface area contributed by atoms with E-state index in [0.717, 1.165) is 19.5 Å². The summed E-state index contributed by atoms with van der Waals surface area (Å²) in [7, 11) is 0. The Labute approximate surface area is 144 Å². The molecule has 3 aliphatic rings. The van der Waals surface area contributed by atoms with Gasteiger partial charge in [-0.05, 0) is 31.2 Å². The van der Waals surface area contributed by atoms with Gasteiger partial charge in [0.2, 0.25) is 0 Å². The number of aromatic nitrogens is 2. The predicted octanol–water partition coefficient (Wildman–Crippen LogP) is 4.11. The predicted molar refractivity (Wildman–Crippen MR) is 96.2 cm³/mol. The Morgan fingerprint density at radius 3 is 2.58 bits per heavy atom. The molecule has 0 radical (unpaired) electrons. The van der Waals surface area contributed by atoms with Crippen LogP contribution in [0, 0.1) is 0 Å². The average Bonchev–Trinajstić information content (AvgIpc) is 3.38. The molecule has 2 saturated carbocycles. The van der Waals surface area contributed by atoms with E-state index >= 15 is 0 Å². The number of nitrogens with one attached hydrogen (secondary N) is 1. The van der Waals surface area contributed by atoms with E-state index in [0.29, 0.717) is 6.04 Å². The minimum Gasteiger partial charge on any atom is -0.312 e. The smallest absolute Gasteiger partial charge is 0.0778 e. The summed E-state index contributed by atoms with van der Waals surface area (Å²) in [6.45, 7) is 2.11. The molecule has 3 heteroatoms. The van der Waals surface area contributed by atoms with E-state index in [1.807, 2.05) is 0 Å². The minimum atomic E-state index is 0.199. The largest absolute Gasteiger partial charge is 0.312 e. The van der Waals surface area contributed by atoms with E-state index in [9.17, 15) is 0 Å². The molecule has 1 aromatic carbocycles. The monoisotopic (exact) mass is 321 g/mol.